The Kier molecular flexibility index (Phi) is 7.45. The summed E-state index contributed by atoms with van der Waals surface area (Å²) in [6.07, 6.45) is 0.668. The van der Waals surface area contributed by atoms with Crippen LogP contribution in [0.2, 0.25) is 0 Å². The molecule has 0 aromatic heterocycles. The van der Waals surface area contributed by atoms with Crippen molar-refractivity contribution in [3.63, 3.8) is 0 Å². The predicted octanol–water partition coefficient (Wildman–Crippen LogP) is 4.81. The summed E-state index contributed by atoms with van der Waals surface area (Å²) in [7, 11) is 1.59. The molecule has 188 valence electrons. The number of nitrogens with two attached hydrogens (primary N) is 1. The molecule has 1 unspecified atom stereocenters. The summed E-state index contributed by atoms with van der Waals surface area (Å²) in [6.45, 7) is 6.57. The minimum atomic E-state index is -0.913. The second-order valence-corrected chi connectivity index (χ2v) is 10.1. The number of anilines is 2. The number of carbonyl (C=O) groups is 2. The van der Waals surface area contributed by atoms with Gasteiger partial charge in [-0.2, -0.15) is 0 Å². The highest BCUT2D eigenvalue weighted by Crippen LogP contribution is 2.43. The first-order valence-corrected chi connectivity index (χ1v) is 12.5. The highest BCUT2D eigenvalue weighted by Gasteiger charge is 2.33. The van der Waals surface area contributed by atoms with E-state index in [4.69, 9.17) is 10.5 Å². The number of carboxylic acid groups (broad SMARTS) is 1. The fourth-order valence-corrected chi connectivity index (χ4v) is 6.03. The third-order valence-electron chi connectivity index (χ3n) is 6.38. The monoisotopic (exact) mass is 505 g/mol. The molecule has 0 radical (unpaired) electrons. The zero-order chi connectivity index (χ0) is 26.0. The lowest BCUT2D eigenvalue weighted by atomic mass is 10.0. The van der Waals surface area contributed by atoms with E-state index in [2.05, 4.69) is 19.1 Å². The molecule has 0 fully saturated rings. The van der Waals surface area contributed by atoms with Crippen LogP contribution in [-0.4, -0.2) is 37.2 Å². The average molecular weight is 506 g/mol. The molecule has 1 aliphatic rings. The van der Waals surface area contributed by atoms with Crippen molar-refractivity contribution in [1.29, 1.82) is 0 Å². The summed E-state index contributed by atoms with van der Waals surface area (Å²) in [5.74, 6) is -0.715. The van der Waals surface area contributed by atoms with Gasteiger partial charge in [0.1, 0.15) is 18.3 Å². The molecule has 0 saturated carbocycles. The lowest BCUT2D eigenvalue weighted by Crippen LogP contribution is -2.37. The lowest BCUT2D eigenvalue weighted by Gasteiger charge is -2.30. The lowest BCUT2D eigenvalue weighted by molar-refractivity contribution is -0.135. The molecule has 0 aliphatic carbocycles. The Balaban J connectivity index is 1.75. The first-order valence-electron chi connectivity index (χ1n) is 11.8. The Morgan fingerprint density at radius 1 is 1.11 bits per heavy atom. The molecule has 3 N–H and O–H groups in total. The van der Waals surface area contributed by atoms with Crippen LogP contribution in [0.3, 0.4) is 0 Å². The van der Waals surface area contributed by atoms with Gasteiger partial charge in [0.25, 0.3) is 0 Å². The molecule has 0 bridgehead atoms. The molecule has 1 atom stereocenters. The van der Waals surface area contributed by atoms with E-state index in [1.54, 1.807) is 7.11 Å². The molecule has 1 amide bonds. The predicted molar refractivity (Wildman–Crippen MR) is 144 cm³/mol. The van der Waals surface area contributed by atoms with Gasteiger partial charge in [0.05, 0.1) is 12.8 Å². The number of carboxylic acids is 1. The molecular formula is C28H31N3O4S. The van der Waals surface area contributed by atoms with Gasteiger partial charge in [-0.05, 0) is 80.1 Å². The van der Waals surface area contributed by atoms with E-state index in [1.807, 2.05) is 65.5 Å². The third kappa shape index (κ3) is 5.14. The quantitative estimate of drug-likeness (QED) is 0.403. The normalized spacial score (nSPS) is 13.3. The summed E-state index contributed by atoms with van der Waals surface area (Å²) >= 11 is 1.44. The van der Waals surface area contributed by atoms with Gasteiger partial charge in [0.15, 0.2) is 0 Å². The Morgan fingerprint density at radius 2 is 1.81 bits per heavy atom. The zero-order valence-corrected chi connectivity index (χ0v) is 21.8. The number of hydrogen-bond donors (Lipinski definition) is 2. The summed E-state index contributed by atoms with van der Waals surface area (Å²) in [5, 5.41) is 9.73. The van der Waals surface area contributed by atoms with Crippen LogP contribution in [0.1, 0.15) is 33.9 Å². The van der Waals surface area contributed by atoms with Crippen molar-refractivity contribution in [3.05, 3.63) is 82.4 Å². The minimum Gasteiger partial charge on any atom is -0.497 e. The summed E-state index contributed by atoms with van der Waals surface area (Å²) in [6, 6.07) is 16.7. The van der Waals surface area contributed by atoms with Crippen molar-refractivity contribution in [3.8, 4) is 5.75 Å². The van der Waals surface area contributed by atoms with Crippen molar-refractivity contribution in [2.75, 3.05) is 29.4 Å². The molecule has 0 saturated heterocycles. The molecule has 7 nitrogen and oxygen atoms in total. The highest BCUT2D eigenvalue weighted by atomic mass is 32.2. The molecule has 1 aliphatic heterocycles. The number of hydrogen-bond acceptors (Lipinski definition) is 6. The largest absolute Gasteiger partial charge is 0.497 e. The number of aliphatic carboxylic acids is 1. The topological polar surface area (TPSA) is 96.1 Å². The van der Waals surface area contributed by atoms with E-state index in [1.165, 1.54) is 17.5 Å². The summed E-state index contributed by atoms with van der Waals surface area (Å²) in [5.41, 5.74) is 12.7. The van der Waals surface area contributed by atoms with Crippen LogP contribution in [0.4, 0.5) is 11.4 Å². The number of benzene rings is 3. The number of carbonyl (C=O) groups excluding carboxylic acids is 1. The van der Waals surface area contributed by atoms with E-state index in [9.17, 15) is 14.7 Å². The molecule has 0 spiro atoms. The minimum absolute atomic E-state index is 0.164. The number of amides is 1. The maximum Gasteiger partial charge on any atom is 0.324 e. The van der Waals surface area contributed by atoms with Gasteiger partial charge < -0.3 is 24.8 Å². The van der Waals surface area contributed by atoms with Crippen molar-refractivity contribution >= 4 is 35.2 Å². The van der Waals surface area contributed by atoms with E-state index in [-0.39, 0.29) is 6.54 Å². The van der Waals surface area contributed by atoms with E-state index in [0.717, 1.165) is 38.5 Å². The number of methoxy groups -OCH3 is 1. The Hall–Kier alpha value is -3.65. The van der Waals surface area contributed by atoms with Crippen molar-refractivity contribution in [2.45, 2.75) is 38.1 Å². The third-order valence-corrected chi connectivity index (χ3v) is 7.76. The van der Waals surface area contributed by atoms with Crippen LogP contribution in [0.15, 0.2) is 59.5 Å². The van der Waals surface area contributed by atoms with Gasteiger partial charge >= 0.3 is 5.97 Å². The first-order chi connectivity index (χ1) is 17.2. The first kappa shape index (κ1) is 25.4. The Bertz CT molecular complexity index is 1290. The number of primary amides is 1. The van der Waals surface area contributed by atoms with Gasteiger partial charge in [-0.15, -0.1) is 0 Å². The second kappa shape index (κ2) is 10.5. The smallest absolute Gasteiger partial charge is 0.324 e. The van der Waals surface area contributed by atoms with Crippen molar-refractivity contribution in [1.82, 2.24) is 0 Å². The Morgan fingerprint density at radius 3 is 2.44 bits per heavy atom. The second-order valence-electron chi connectivity index (χ2n) is 9.05. The molecule has 36 heavy (non-hydrogen) atoms. The standard InChI is InChI=1S/C28H31N3O4S/c1-17-13-18(2)27(19(3)14-17)36-31(16-25(32)33)24-10-6-9-23-22(24)11-12-30(23)26(28(29)34)20-7-5-8-21(15-20)35-4/h5-10,13-15,26H,11-12,16H2,1-4H3,(H2,29,34)(H,32,33). The number of fused-ring (bicyclic) bond motifs is 1. The van der Waals surface area contributed by atoms with Crippen LogP contribution >= 0.6 is 11.9 Å². The van der Waals surface area contributed by atoms with E-state index < -0.39 is 17.9 Å². The van der Waals surface area contributed by atoms with E-state index in [0.29, 0.717) is 18.7 Å². The van der Waals surface area contributed by atoms with E-state index >= 15 is 0 Å². The van der Waals surface area contributed by atoms with Crippen molar-refractivity contribution < 1.29 is 19.4 Å². The van der Waals surface area contributed by atoms with Crippen LogP contribution < -0.4 is 19.7 Å². The highest BCUT2D eigenvalue weighted by molar-refractivity contribution is 8.00. The molecule has 3 aromatic rings. The molecule has 1 heterocycles. The van der Waals surface area contributed by atoms with Gasteiger partial charge in [0, 0.05) is 22.7 Å². The van der Waals surface area contributed by atoms with Crippen LogP contribution in [0.25, 0.3) is 0 Å². The Labute approximate surface area is 216 Å². The maximum atomic E-state index is 12.7. The number of aryl methyl sites for hydroxylation is 3. The van der Waals surface area contributed by atoms with Crippen molar-refractivity contribution in [2.24, 2.45) is 5.73 Å². The van der Waals surface area contributed by atoms with Gasteiger partial charge in [-0.25, -0.2) is 0 Å². The fraction of sp³-hybridized carbons (Fsp3) is 0.286. The maximum absolute atomic E-state index is 12.7. The number of rotatable bonds is 9. The molecular weight excluding hydrogens is 474 g/mol. The van der Waals surface area contributed by atoms with Gasteiger partial charge in [-0.3, -0.25) is 9.59 Å². The fourth-order valence-electron chi connectivity index (χ4n) is 4.96. The molecule has 4 rings (SSSR count). The van der Waals surface area contributed by atoms with Crippen LogP contribution in [0.5, 0.6) is 5.75 Å². The number of nitrogens with zero attached hydrogens (tertiary/aromatic N) is 2. The molecule has 3 aromatic carbocycles. The zero-order valence-electron chi connectivity index (χ0n) is 20.9. The SMILES string of the molecule is COc1cccc(C(C(N)=O)N2CCc3c(N(CC(=O)O)Sc4c(C)cc(C)cc4C)cccc32)c1. The van der Waals surface area contributed by atoms with Gasteiger partial charge in [0.2, 0.25) is 5.91 Å². The average Bonchev–Trinajstić information content (AvgIpc) is 3.24. The summed E-state index contributed by atoms with van der Waals surface area (Å²) < 4.78 is 7.19. The number of ether oxygens (including phenoxy) is 1. The van der Waals surface area contributed by atoms with Crippen LogP contribution in [-0.2, 0) is 16.0 Å². The molecule has 8 heteroatoms. The van der Waals surface area contributed by atoms with Crippen LogP contribution in [0, 0.1) is 20.8 Å². The van der Waals surface area contributed by atoms with Gasteiger partial charge in [-0.1, -0.05) is 35.9 Å². The summed E-state index contributed by atoms with van der Waals surface area (Å²) in [4.78, 5) is 27.6.